The molecule has 1 unspecified atom stereocenters. The molecule has 0 saturated heterocycles. The lowest BCUT2D eigenvalue weighted by Crippen LogP contribution is -2.53. The molecule has 1 atom stereocenters. The largest absolute Gasteiger partial charge is 0.497 e. The molecule has 1 aromatic carbocycles. The fourth-order valence-corrected chi connectivity index (χ4v) is 2.66. The van der Waals surface area contributed by atoms with Gasteiger partial charge in [0.05, 0.1) is 7.11 Å². The number of ether oxygens (including phenoxy) is 1. The Labute approximate surface area is 151 Å². The molecule has 0 bridgehead atoms. The van der Waals surface area contributed by atoms with E-state index in [1.54, 1.807) is 12.0 Å². The first-order chi connectivity index (χ1) is 11.7. The Morgan fingerprint density at radius 2 is 1.76 bits per heavy atom. The van der Waals surface area contributed by atoms with Gasteiger partial charge in [0.2, 0.25) is 11.8 Å². The van der Waals surface area contributed by atoms with E-state index in [1.165, 1.54) is 0 Å². The molecule has 0 aliphatic heterocycles. The third-order valence-electron chi connectivity index (χ3n) is 3.86. The number of hydrogen-bond donors (Lipinski definition) is 1. The van der Waals surface area contributed by atoms with Crippen LogP contribution in [0.3, 0.4) is 0 Å². The van der Waals surface area contributed by atoms with Crippen molar-refractivity contribution in [2.24, 2.45) is 0 Å². The van der Waals surface area contributed by atoms with Gasteiger partial charge in [-0.1, -0.05) is 26.0 Å². The second-order valence-corrected chi connectivity index (χ2v) is 7.28. The van der Waals surface area contributed by atoms with E-state index in [9.17, 15) is 9.59 Å². The number of hydrogen-bond acceptors (Lipinski definition) is 3. The fraction of sp³-hybridized carbons (Fsp3) is 0.600. The highest BCUT2D eigenvalue weighted by Crippen LogP contribution is 2.17. The minimum atomic E-state index is -0.472. The van der Waals surface area contributed by atoms with Crippen LogP contribution in [-0.2, 0) is 16.1 Å². The van der Waals surface area contributed by atoms with Crippen LogP contribution in [0.1, 0.15) is 59.4 Å². The van der Waals surface area contributed by atoms with Crippen LogP contribution in [0.5, 0.6) is 5.75 Å². The SMILES string of the molecule is CCCC(=O)N(Cc1ccc(OC)cc1)C(CC)C(=O)NC(C)(C)C. The number of carbonyl (C=O) groups is 2. The van der Waals surface area contributed by atoms with E-state index in [4.69, 9.17) is 4.74 Å². The number of amides is 2. The second-order valence-electron chi connectivity index (χ2n) is 7.28. The molecular weight excluding hydrogens is 316 g/mol. The lowest BCUT2D eigenvalue weighted by molar-refractivity contribution is -0.142. The van der Waals surface area contributed by atoms with Crippen molar-refractivity contribution in [2.75, 3.05) is 7.11 Å². The van der Waals surface area contributed by atoms with Crippen LogP contribution in [0.25, 0.3) is 0 Å². The van der Waals surface area contributed by atoms with Crippen LogP contribution in [0.15, 0.2) is 24.3 Å². The van der Waals surface area contributed by atoms with Gasteiger partial charge in [0.25, 0.3) is 0 Å². The first kappa shape index (κ1) is 21.0. The van der Waals surface area contributed by atoms with E-state index in [1.807, 2.05) is 58.9 Å². The van der Waals surface area contributed by atoms with Crippen molar-refractivity contribution in [1.29, 1.82) is 0 Å². The molecule has 0 aliphatic carbocycles. The third-order valence-corrected chi connectivity index (χ3v) is 3.86. The van der Waals surface area contributed by atoms with Crippen molar-refractivity contribution in [3.63, 3.8) is 0 Å². The van der Waals surface area contributed by atoms with Gasteiger partial charge < -0.3 is 15.0 Å². The molecule has 0 heterocycles. The Balaban J connectivity index is 3.03. The molecule has 25 heavy (non-hydrogen) atoms. The molecular formula is C20H32N2O3. The second kappa shape index (κ2) is 9.44. The van der Waals surface area contributed by atoms with Crippen LogP contribution in [0, 0.1) is 0 Å². The molecule has 0 radical (unpaired) electrons. The van der Waals surface area contributed by atoms with Crippen molar-refractivity contribution in [2.45, 2.75) is 72.0 Å². The minimum absolute atomic E-state index is 0.00854. The average Bonchev–Trinajstić information content (AvgIpc) is 2.53. The van der Waals surface area contributed by atoms with Crippen molar-refractivity contribution in [3.05, 3.63) is 29.8 Å². The normalized spacial score (nSPS) is 12.4. The van der Waals surface area contributed by atoms with E-state index >= 15 is 0 Å². The maximum absolute atomic E-state index is 12.7. The number of carbonyl (C=O) groups excluding carboxylic acids is 2. The number of methoxy groups -OCH3 is 1. The zero-order chi connectivity index (χ0) is 19.0. The number of benzene rings is 1. The third kappa shape index (κ3) is 6.77. The predicted molar refractivity (Wildman–Crippen MR) is 100 cm³/mol. The van der Waals surface area contributed by atoms with Crippen LogP contribution in [-0.4, -0.2) is 35.4 Å². The maximum Gasteiger partial charge on any atom is 0.243 e. The molecule has 0 fully saturated rings. The first-order valence-corrected chi connectivity index (χ1v) is 8.96. The molecule has 5 heteroatoms. The van der Waals surface area contributed by atoms with Gasteiger partial charge in [0.1, 0.15) is 11.8 Å². The standard InChI is InChI=1S/C20H32N2O3/c1-7-9-18(23)22(14-15-10-12-16(25-6)13-11-15)17(8-2)19(24)21-20(3,4)5/h10-13,17H,7-9,14H2,1-6H3,(H,21,24). The summed E-state index contributed by atoms with van der Waals surface area (Å²) in [7, 11) is 1.62. The molecule has 0 aliphatic rings. The Morgan fingerprint density at radius 1 is 1.16 bits per heavy atom. The lowest BCUT2D eigenvalue weighted by atomic mass is 10.0. The Hall–Kier alpha value is -2.04. The molecule has 0 saturated carbocycles. The van der Waals surface area contributed by atoms with Crippen LogP contribution < -0.4 is 10.1 Å². The number of nitrogens with zero attached hydrogens (tertiary/aromatic N) is 1. The van der Waals surface area contributed by atoms with E-state index in [2.05, 4.69) is 5.32 Å². The number of nitrogens with one attached hydrogen (secondary N) is 1. The first-order valence-electron chi connectivity index (χ1n) is 8.96. The monoisotopic (exact) mass is 348 g/mol. The van der Waals surface area contributed by atoms with Gasteiger partial charge in [-0.2, -0.15) is 0 Å². The highest BCUT2D eigenvalue weighted by molar-refractivity contribution is 5.88. The molecule has 0 spiro atoms. The maximum atomic E-state index is 12.7. The highest BCUT2D eigenvalue weighted by atomic mass is 16.5. The van der Waals surface area contributed by atoms with Crippen molar-refractivity contribution in [3.8, 4) is 5.75 Å². The summed E-state index contributed by atoms with van der Waals surface area (Å²) in [5, 5.41) is 3.00. The summed E-state index contributed by atoms with van der Waals surface area (Å²) in [6.45, 7) is 10.2. The van der Waals surface area contributed by atoms with E-state index in [0.29, 0.717) is 19.4 Å². The van der Waals surface area contributed by atoms with Crippen molar-refractivity contribution < 1.29 is 14.3 Å². The van der Waals surface area contributed by atoms with Crippen molar-refractivity contribution in [1.82, 2.24) is 10.2 Å². The average molecular weight is 348 g/mol. The molecule has 2 amide bonds. The number of rotatable bonds is 8. The van der Waals surface area contributed by atoms with Gasteiger partial charge in [0.15, 0.2) is 0 Å². The zero-order valence-corrected chi connectivity index (χ0v) is 16.4. The van der Waals surface area contributed by atoms with Gasteiger partial charge in [-0.05, 0) is 51.3 Å². The van der Waals surface area contributed by atoms with E-state index in [-0.39, 0.29) is 17.4 Å². The van der Waals surface area contributed by atoms with Crippen LogP contribution >= 0.6 is 0 Å². The Bertz CT molecular complexity index is 561. The molecule has 5 nitrogen and oxygen atoms in total. The lowest BCUT2D eigenvalue weighted by Gasteiger charge is -2.33. The van der Waals surface area contributed by atoms with E-state index in [0.717, 1.165) is 17.7 Å². The molecule has 1 rings (SSSR count). The van der Waals surface area contributed by atoms with Gasteiger partial charge in [-0.25, -0.2) is 0 Å². The summed E-state index contributed by atoms with van der Waals surface area (Å²) in [6, 6.07) is 7.13. The van der Waals surface area contributed by atoms with Gasteiger partial charge in [0, 0.05) is 18.5 Å². The topological polar surface area (TPSA) is 58.6 Å². The Morgan fingerprint density at radius 3 is 2.20 bits per heavy atom. The van der Waals surface area contributed by atoms with Gasteiger partial charge >= 0.3 is 0 Å². The smallest absolute Gasteiger partial charge is 0.243 e. The van der Waals surface area contributed by atoms with Gasteiger partial charge in [-0.3, -0.25) is 9.59 Å². The summed E-state index contributed by atoms with van der Waals surface area (Å²) in [4.78, 5) is 27.1. The molecule has 140 valence electrons. The summed E-state index contributed by atoms with van der Waals surface area (Å²) >= 11 is 0. The highest BCUT2D eigenvalue weighted by Gasteiger charge is 2.30. The molecule has 1 aromatic rings. The summed E-state index contributed by atoms with van der Waals surface area (Å²) in [5.41, 5.74) is 0.650. The minimum Gasteiger partial charge on any atom is -0.497 e. The van der Waals surface area contributed by atoms with Crippen LogP contribution in [0.4, 0.5) is 0 Å². The summed E-state index contributed by atoms with van der Waals surface area (Å²) in [5.74, 6) is 0.676. The predicted octanol–water partition coefficient (Wildman–Crippen LogP) is 3.52. The molecule has 0 aromatic heterocycles. The summed E-state index contributed by atoms with van der Waals surface area (Å²) < 4.78 is 5.18. The quantitative estimate of drug-likeness (QED) is 0.782. The zero-order valence-electron chi connectivity index (χ0n) is 16.4. The van der Waals surface area contributed by atoms with Crippen LogP contribution in [0.2, 0.25) is 0 Å². The van der Waals surface area contributed by atoms with Crippen molar-refractivity contribution >= 4 is 11.8 Å². The Kier molecular flexibility index (Phi) is 7.94. The fourth-order valence-electron chi connectivity index (χ4n) is 2.66. The van der Waals surface area contributed by atoms with Gasteiger partial charge in [-0.15, -0.1) is 0 Å². The summed E-state index contributed by atoms with van der Waals surface area (Å²) in [6.07, 6.45) is 1.78. The molecule has 1 N–H and O–H groups in total. The van der Waals surface area contributed by atoms with E-state index < -0.39 is 6.04 Å².